The quantitative estimate of drug-likeness (QED) is 0.660. The summed E-state index contributed by atoms with van der Waals surface area (Å²) in [5.74, 6) is 1.55. The minimum absolute atomic E-state index is 0.483. The van der Waals surface area contributed by atoms with E-state index in [9.17, 15) is 0 Å². The normalized spacial score (nSPS) is 27.2. The molecular weight excluding hydrogens is 246 g/mol. The first kappa shape index (κ1) is 13.4. The maximum atomic E-state index is 6.01. The van der Waals surface area contributed by atoms with Crippen molar-refractivity contribution in [2.75, 3.05) is 20.1 Å². The molecule has 2 aliphatic carbocycles. The SMILES string of the molecule is CN1CCC2=C(C=CCC2)OC=C2C=CC=CC2CC1. The lowest BCUT2D eigenvalue weighted by atomic mass is 9.92. The Balaban J connectivity index is 1.87. The van der Waals surface area contributed by atoms with Crippen molar-refractivity contribution in [3.8, 4) is 0 Å². The lowest BCUT2D eigenvalue weighted by Crippen LogP contribution is -2.23. The Kier molecular flexibility index (Phi) is 4.22. The van der Waals surface area contributed by atoms with E-state index in [1.165, 1.54) is 11.1 Å². The van der Waals surface area contributed by atoms with Crippen LogP contribution in [-0.4, -0.2) is 25.0 Å². The summed E-state index contributed by atoms with van der Waals surface area (Å²) in [4.78, 5) is 2.44. The van der Waals surface area contributed by atoms with Crippen molar-refractivity contribution < 1.29 is 4.74 Å². The van der Waals surface area contributed by atoms with E-state index in [4.69, 9.17) is 4.74 Å². The van der Waals surface area contributed by atoms with Gasteiger partial charge in [-0.2, -0.15) is 0 Å². The van der Waals surface area contributed by atoms with E-state index < -0.39 is 0 Å². The Hall–Kier alpha value is -1.54. The number of rotatable bonds is 0. The molecule has 0 radical (unpaired) electrons. The van der Waals surface area contributed by atoms with Crippen molar-refractivity contribution in [1.82, 2.24) is 4.90 Å². The maximum absolute atomic E-state index is 6.01. The van der Waals surface area contributed by atoms with Gasteiger partial charge in [-0.1, -0.05) is 30.4 Å². The zero-order valence-electron chi connectivity index (χ0n) is 12.2. The maximum Gasteiger partial charge on any atom is 0.125 e. The highest BCUT2D eigenvalue weighted by molar-refractivity contribution is 5.33. The first-order chi connectivity index (χ1) is 9.83. The predicted molar refractivity (Wildman–Crippen MR) is 83.1 cm³/mol. The molecule has 106 valence electrons. The van der Waals surface area contributed by atoms with Crippen LogP contribution in [0.5, 0.6) is 0 Å². The van der Waals surface area contributed by atoms with Gasteiger partial charge in [-0.15, -0.1) is 0 Å². The van der Waals surface area contributed by atoms with E-state index in [0.717, 1.165) is 44.5 Å². The second-order valence-corrected chi connectivity index (χ2v) is 5.84. The third-order valence-corrected chi connectivity index (χ3v) is 4.34. The minimum atomic E-state index is 0.483. The van der Waals surface area contributed by atoms with Crippen molar-refractivity contribution in [2.45, 2.75) is 25.7 Å². The molecule has 3 aliphatic rings. The molecule has 2 heteroatoms. The molecule has 1 aliphatic heterocycles. The van der Waals surface area contributed by atoms with Gasteiger partial charge in [-0.05, 0) is 56.5 Å². The average Bonchev–Trinajstić information content (AvgIpc) is 2.52. The molecule has 0 fully saturated rings. The molecule has 0 amide bonds. The second-order valence-electron chi connectivity index (χ2n) is 5.84. The summed E-state index contributed by atoms with van der Waals surface area (Å²) in [6.45, 7) is 2.26. The van der Waals surface area contributed by atoms with Crippen LogP contribution in [0.3, 0.4) is 0 Å². The molecule has 1 heterocycles. The van der Waals surface area contributed by atoms with Crippen LogP contribution in [0.4, 0.5) is 0 Å². The van der Waals surface area contributed by atoms with Crippen LogP contribution in [0.1, 0.15) is 25.7 Å². The molecule has 0 aromatic rings. The zero-order chi connectivity index (χ0) is 13.8. The summed E-state index contributed by atoms with van der Waals surface area (Å²) in [6, 6.07) is 0. The predicted octanol–water partition coefficient (Wildman–Crippen LogP) is 3.96. The fourth-order valence-electron chi connectivity index (χ4n) is 2.98. The summed E-state index contributed by atoms with van der Waals surface area (Å²) in [6.07, 6.45) is 19.6. The molecule has 0 spiro atoms. The fourth-order valence-corrected chi connectivity index (χ4v) is 2.98. The van der Waals surface area contributed by atoms with Crippen molar-refractivity contribution >= 4 is 0 Å². The number of fused-ring (bicyclic) bond motifs is 1. The van der Waals surface area contributed by atoms with Crippen LogP contribution in [0.2, 0.25) is 0 Å². The molecule has 2 nitrogen and oxygen atoms in total. The number of allylic oxidation sites excluding steroid dienone is 7. The largest absolute Gasteiger partial charge is 0.465 e. The monoisotopic (exact) mass is 269 g/mol. The van der Waals surface area contributed by atoms with E-state index in [0.29, 0.717) is 5.92 Å². The summed E-state index contributed by atoms with van der Waals surface area (Å²) in [7, 11) is 2.23. The van der Waals surface area contributed by atoms with Crippen LogP contribution in [0.25, 0.3) is 0 Å². The summed E-state index contributed by atoms with van der Waals surface area (Å²) < 4.78 is 6.01. The molecule has 0 N–H and O–H groups in total. The summed E-state index contributed by atoms with van der Waals surface area (Å²) >= 11 is 0. The first-order valence-electron chi connectivity index (χ1n) is 7.61. The Morgan fingerprint density at radius 2 is 2.10 bits per heavy atom. The highest BCUT2D eigenvalue weighted by Gasteiger charge is 2.16. The molecule has 0 saturated heterocycles. The van der Waals surface area contributed by atoms with Crippen molar-refractivity contribution in [2.24, 2.45) is 5.92 Å². The summed E-state index contributed by atoms with van der Waals surface area (Å²) in [5.41, 5.74) is 2.75. The van der Waals surface area contributed by atoms with E-state index in [-0.39, 0.29) is 0 Å². The fraction of sp³-hybridized carbons (Fsp3) is 0.444. The zero-order valence-corrected chi connectivity index (χ0v) is 12.2. The molecule has 0 aromatic carbocycles. The third-order valence-electron chi connectivity index (χ3n) is 4.34. The van der Waals surface area contributed by atoms with Crippen LogP contribution in [0.15, 0.2) is 59.6 Å². The van der Waals surface area contributed by atoms with Gasteiger partial charge in [-0.25, -0.2) is 0 Å². The van der Waals surface area contributed by atoms with Gasteiger partial charge in [0.25, 0.3) is 0 Å². The van der Waals surface area contributed by atoms with Gasteiger partial charge in [0.2, 0.25) is 0 Å². The Morgan fingerprint density at radius 3 is 3.05 bits per heavy atom. The lowest BCUT2D eigenvalue weighted by Gasteiger charge is -2.21. The smallest absolute Gasteiger partial charge is 0.125 e. The number of hydrogen-bond donors (Lipinski definition) is 0. The van der Waals surface area contributed by atoms with Crippen molar-refractivity contribution in [1.29, 1.82) is 0 Å². The average molecular weight is 269 g/mol. The van der Waals surface area contributed by atoms with E-state index in [2.05, 4.69) is 48.4 Å². The minimum Gasteiger partial charge on any atom is -0.465 e. The number of nitrogens with zero attached hydrogens (tertiary/aromatic N) is 1. The van der Waals surface area contributed by atoms with Crippen LogP contribution in [0, 0.1) is 5.92 Å². The molecule has 0 aromatic heterocycles. The van der Waals surface area contributed by atoms with Crippen LogP contribution >= 0.6 is 0 Å². The van der Waals surface area contributed by atoms with Gasteiger partial charge >= 0.3 is 0 Å². The topological polar surface area (TPSA) is 12.5 Å². The van der Waals surface area contributed by atoms with Gasteiger partial charge < -0.3 is 9.64 Å². The highest BCUT2D eigenvalue weighted by atomic mass is 16.5. The molecular formula is C18H23NO. The first-order valence-corrected chi connectivity index (χ1v) is 7.61. The third kappa shape index (κ3) is 3.13. The molecule has 1 atom stereocenters. The van der Waals surface area contributed by atoms with E-state index in [1.54, 1.807) is 0 Å². The lowest BCUT2D eigenvalue weighted by molar-refractivity contribution is 0.321. The second kappa shape index (κ2) is 6.27. The van der Waals surface area contributed by atoms with Gasteiger partial charge in [0, 0.05) is 12.5 Å². The molecule has 20 heavy (non-hydrogen) atoms. The van der Waals surface area contributed by atoms with Crippen LogP contribution < -0.4 is 0 Å². The number of hydrogen-bond acceptors (Lipinski definition) is 2. The molecule has 0 saturated carbocycles. The Labute approximate surface area is 121 Å². The molecule has 3 rings (SSSR count). The van der Waals surface area contributed by atoms with Crippen molar-refractivity contribution in [3.63, 3.8) is 0 Å². The van der Waals surface area contributed by atoms with E-state index >= 15 is 0 Å². The Morgan fingerprint density at radius 1 is 1.15 bits per heavy atom. The Bertz CT molecular complexity index is 508. The van der Waals surface area contributed by atoms with Crippen LogP contribution in [-0.2, 0) is 4.74 Å². The van der Waals surface area contributed by atoms with Gasteiger partial charge in [0.15, 0.2) is 0 Å². The van der Waals surface area contributed by atoms with E-state index in [1.807, 2.05) is 6.26 Å². The summed E-state index contributed by atoms with van der Waals surface area (Å²) in [5, 5.41) is 0. The van der Waals surface area contributed by atoms with Gasteiger partial charge in [0.1, 0.15) is 5.76 Å². The van der Waals surface area contributed by atoms with Gasteiger partial charge in [0.05, 0.1) is 6.26 Å². The number of ether oxygens (including phenoxy) is 1. The molecule has 1 unspecified atom stereocenters. The van der Waals surface area contributed by atoms with Crippen molar-refractivity contribution in [3.05, 3.63) is 59.6 Å². The van der Waals surface area contributed by atoms with Gasteiger partial charge in [-0.3, -0.25) is 0 Å². The highest BCUT2D eigenvalue weighted by Crippen LogP contribution is 2.28. The standard InChI is InChI=1S/C18H23NO/c1-19-12-10-15-6-2-3-8-17(15)14-20-18-9-5-4-7-16(18)11-13-19/h2-3,5-6,8-9,14-15H,4,7,10-13H2,1H3. The molecule has 0 bridgehead atoms.